The Morgan fingerprint density at radius 1 is 1.00 bits per heavy atom. The van der Waals surface area contributed by atoms with Gasteiger partial charge in [0.2, 0.25) is 0 Å². The average molecular weight is 250 g/mol. The van der Waals surface area contributed by atoms with Gasteiger partial charge in [-0.25, -0.2) is 0 Å². The summed E-state index contributed by atoms with van der Waals surface area (Å²) >= 11 is 0. The summed E-state index contributed by atoms with van der Waals surface area (Å²) in [5, 5.41) is 0. The number of carbonyl (C=O) groups excluding carboxylic acids is 1. The molecule has 0 spiro atoms. The van der Waals surface area contributed by atoms with E-state index in [0.29, 0.717) is 16.9 Å². The van der Waals surface area contributed by atoms with Gasteiger partial charge >= 0.3 is 0 Å². The number of carbonyl (C=O) groups is 1. The SMILES string of the molecule is C/C=C1/C(=O)c2ccccc2OC1c1ccccc1. The molecule has 0 aliphatic carbocycles. The van der Waals surface area contributed by atoms with Crippen molar-refractivity contribution in [2.45, 2.75) is 13.0 Å². The van der Waals surface area contributed by atoms with Crippen molar-refractivity contribution in [1.29, 1.82) is 0 Å². The van der Waals surface area contributed by atoms with E-state index >= 15 is 0 Å². The molecule has 1 unspecified atom stereocenters. The molecule has 0 fully saturated rings. The summed E-state index contributed by atoms with van der Waals surface area (Å²) in [5.74, 6) is 0.713. The second kappa shape index (κ2) is 4.73. The Labute approximate surface area is 112 Å². The third-order valence-electron chi connectivity index (χ3n) is 3.33. The smallest absolute Gasteiger partial charge is 0.196 e. The lowest BCUT2D eigenvalue weighted by molar-refractivity contribution is 0.0960. The number of hydrogen-bond acceptors (Lipinski definition) is 2. The molecule has 2 heteroatoms. The fourth-order valence-corrected chi connectivity index (χ4v) is 2.38. The topological polar surface area (TPSA) is 26.3 Å². The first-order valence-electron chi connectivity index (χ1n) is 6.33. The minimum Gasteiger partial charge on any atom is -0.480 e. The van der Waals surface area contributed by atoms with Crippen LogP contribution in [0.3, 0.4) is 0 Å². The largest absolute Gasteiger partial charge is 0.480 e. The quantitative estimate of drug-likeness (QED) is 0.716. The van der Waals surface area contributed by atoms with Gasteiger partial charge in [0.1, 0.15) is 5.75 Å². The molecule has 1 aliphatic heterocycles. The van der Waals surface area contributed by atoms with Crippen molar-refractivity contribution in [2.75, 3.05) is 0 Å². The average Bonchev–Trinajstić information content (AvgIpc) is 2.48. The number of ether oxygens (including phenoxy) is 1. The molecule has 1 atom stereocenters. The minimum absolute atomic E-state index is 0.0539. The molecule has 3 rings (SSSR count). The molecule has 94 valence electrons. The van der Waals surface area contributed by atoms with Crippen LogP contribution in [0, 0.1) is 0 Å². The molecule has 0 saturated carbocycles. The highest BCUT2D eigenvalue weighted by Gasteiger charge is 2.31. The van der Waals surface area contributed by atoms with Gasteiger partial charge in [0.25, 0.3) is 0 Å². The molecule has 19 heavy (non-hydrogen) atoms. The Balaban J connectivity index is 2.11. The molecule has 1 heterocycles. The number of rotatable bonds is 1. The van der Waals surface area contributed by atoms with E-state index in [9.17, 15) is 4.79 Å². The fourth-order valence-electron chi connectivity index (χ4n) is 2.38. The predicted molar refractivity (Wildman–Crippen MR) is 74.3 cm³/mol. The number of fused-ring (bicyclic) bond motifs is 1. The van der Waals surface area contributed by atoms with Crippen molar-refractivity contribution in [1.82, 2.24) is 0 Å². The lowest BCUT2D eigenvalue weighted by atomic mass is 9.91. The molecule has 0 bridgehead atoms. The minimum atomic E-state index is -0.311. The zero-order chi connectivity index (χ0) is 13.2. The zero-order valence-electron chi connectivity index (χ0n) is 10.7. The third kappa shape index (κ3) is 1.95. The van der Waals surface area contributed by atoms with Gasteiger partial charge < -0.3 is 4.74 Å². The van der Waals surface area contributed by atoms with Crippen LogP contribution < -0.4 is 4.74 Å². The summed E-state index contributed by atoms with van der Waals surface area (Å²) in [5.41, 5.74) is 2.34. The lowest BCUT2D eigenvalue weighted by Gasteiger charge is -2.27. The molecule has 1 aliphatic rings. The van der Waals surface area contributed by atoms with Gasteiger partial charge in [-0.15, -0.1) is 0 Å². The van der Waals surface area contributed by atoms with E-state index in [2.05, 4.69) is 0 Å². The molecular formula is C17H14O2. The van der Waals surface area contributed by atoms with Crippen molar-refractivity contribution < 1.29 is 9.53 Å². The van der Waals surface area contributed by atoms with Crippen LogP contribution in [0.2, 0.25) is 0 Å². The second-order valence-corrected chi connectivity index (χ2v) is 4.48. The van der Waals surface area contributed by atoms with E-state index in [1.165, 1.54) is 0 Å². The van der Waals surface area contributed by atoms with Gasteiger partial charge in [-0.1, -0.05) is 48.5 Å². The van der Waals surface area contributed by atoms with Crippen LogP contribution in [0.1, 0.15) is 28.9 Å². The maximum atomic E-state index is 12.5. The predicted octanol–water partition coefficient (Wildman–Crippen LogP) is 3.95. The van der Waals surface area contributed by atoms with Crippen molar-refractivity contribution in [2.24, 2.45) is 0 Å². The number of benzene rings is 2. The fraction of sp³-hybridized carbons (Fsp3) is 0.118. The highest BCUT2D eigenvalue weighted by Crippen LogP contribution is 2.37. The summed E-state index contributed by atoms with van der Waals surface area (Å²) < 4.78 is 6.00. The molecule has 2 aromatic rings. The van der Waals surface area contributed by atoms with Gasteiger partial charge in [-0.2, -0.15) is 0 Å². The molecule has 2 aromatic carbocycles. The van der Waals surface area contributed by atoms with Gasteiger partial charge in [0.05, 0.1) is 5.56 Å². The Morgan fingerprint density at radius 2 is 1.68 bits per heavy atom. The third-order valence-corrected chi connectivity index (χ3v) is 3.33. The molecule has 0 N–H and O–H groups in total. The highest BCUT2D eigenvalue weighted by molar-refractivity contribution is 6.12. The standard InChI is InChI=1S/C17H14O2/c1-2-13-16(18)14-10-6-7-11-15(14)19-17(13)12-8-4-3-5-9-12/h2-11,17H,1H3/b13-2-. The highest BCUT2D eigenvalue weighted by atomic mass is 16.5. The lowest BCUT2D eigenvalue weighted by Crippen LogP contribution is -2.23. The number of para-hydroxylation sites is 1. The number of hydrogen-bond donors (Lipinski definition) is 0. The summed E-state index contributed by atoms with van der Waals surface area (Å²) in [6, 6.07) is 17.2. The second-order valence-electron chi connectivity index (χ2n) is 4.48. The van der Waals surface area contributed by atoms with Crippen LogP contribution in [0.15, 0.2) is 66.2 Å². The Bertz CT molecular complexity index is 641. The maximum Gasteiger partial charge on any atom is 0.196 e. The Kier molecular flexibility index (Phi) is 2.92. The van der Waals surface area contributed by atoms with E-state index in [1.54, 1.807) is 0 Å². The Hall–Kier alpha value is -2.35. The summed E-state index contributed by atoms with van der Waals surface area (Å²) in [6.45, 7) is 1.88. The van der Waals surface area contributed by atoms with Crippen molar-refractivity contribution in [3.63, 3.8) is 0 Å². The maximum absolute atomic E-state index is 12.5. The first-order chi connectivity index (χ1) is 9.31. The number of allylic oxidation sites excluding steroid dienone is 1. The van der Waals surface area contributed by atoms with Crippen LogP contribution in [0.4, 0.5) is 0 Å². The zero-order valence-corrected chi connectivity index (χ0v) is 10.7. The molecule has 2 nitrogen and oxygen atoms in total. The first kappa shape index (κ1) is 11.7. The summed E-state index contributed by atoms with van der Waals surface area (Å²) in [6.07, 6.45) is 1.53. The van der Waals surface area contributed by atoms with Crippen LogP contribution in [-0.4, -0.2) is 5.78 Å². The number of ketones is 1. The molecular weight excluding hydrogens is 236 g/mol. The van der Waals surface area contributed by atoms with E-state index in [1.807, 2.05) is 67.6 Å². The molecule has 0 saturated heterocycles. The van der Waals surface area contributed by atoms with E-state index in [4.69, 9.17) is 4.74 Å². The van der Waals surface area contributed by atoms with Crippen LogP contribution >= 0.6 is 0 Å². The Morgan fingerprint density at radius 3 is 2.42 bits per heavy atom. The van der Waals surface area contributed by atoms with Crippen molar-refractivity contribution in [3.8, 4) is 5.75 Å². The van der Waals surface area contributed by atoms with Gasteiger partial charge in [0, 0.05) is 5.57 Å². The molecule has 0 aromatic heterocycles. The summed E-state index contributed by atoms with van der Waals surface area (Å²) in [4.78, 5) is 12.5. The normalized spacial score (nSPS) is 19.9. The van der Waals surface area contributed by atoms with E-state index in [-0.39, 0.29) is 11.9 Å². The van der Waals surface area contributed by atoms with Gasteiger partial charge in [-0.05, 0) is 24.6 Å². The monoisotopic (exact) mass is 250 g/mol. The van der Waals surface area contributed by atoms with Crippen LogP contribution in [0.25, 0.3) is 0 Å². The first-order valence-corrected chi connectivity index (χ1v) is 6.33. The van der Waals surface area contributed by atoms with Crippen LogP contribution in [-0.2, 0) is 0 Å². The van der Waals surface area contributed by atoms with Gasteiger partial charge in [0.15, 0.2) is 11.9 Å². The van der Waals surface area contributed by atoms with Crippen molar-refractivity contribution >= 4 is 5.78 Å². The van der Waals surface area contributed by atoms with Crippen molar-refractivity contribution in [3.05, 3.63) is 77.4 Å². The van der Waals surface area contributed by atoms with E-state index in [0.717, 1.165) is 5.56 Å². The molecule has 0 radical (unpaired) electrons. The number of Topliss-reactive ketones (excluding diaryl/α,β-unsaturated/α-hetero) is 1. The molecule has 0 amide bonds. The van der Waals surface area contributed by atoms with E-state index < -0.39 is 0 Å². The summed E-state index contributed by atoms with van der Waals surface area (Å²) in [7, 11) is 0. The van der Waals surface area contributed by atoms with Crippen LogP contribution in [0.5, 0.6) is 5.75 Å². The van der Waals surface area contributed by atoms with Gasteiger partial charge in [-0.3, -0.25) is 4.79 Å².